The standard InChI is InChI=1S/C40H40F3N5O6Si/c1-39(2,3)55(29-17-9-5-10-18-29,30-19-11-6-12-20-30)53-24-32-31(49)22-34(54-32)48-23-27(14-13-21-44-38(51)40(41,42)43)35-36(45-26-46-37(35)48)47-33(50)25-52-28-15-7-4-8-16-28/h4-12,15-20,23,26,31-32,34,49H,21-22,24-25H2,1-3H3,(H,44,51)(H,45,46,47,50)/t31-,32-,34-/m1/s1. The van der Waals surface area contributed by atoms with Crippen LogP contribution in [0.3, 0.4) is 0 Å². The Labute approximate surface area is 317 Å². The van der Waals surface area contributed by atoms with Gasteiger partial charge >= 0.3 is 12.1 Å². The van der Waals surface area contributed by atoms with Gasteiger partial charge < -0.3 is 34.2 Å². The number of amides is 2. The second-order valence-corrected chi connectivity index (χ2v) is 18.2. The van der Waals surface area contributed by atoms with Crippen molar-refractivity contribution in [1.29, 1.82) is 0 Å². The third-order valence-corrected chi connectivity index (χ3v) is 14.2. The summed E-state index contributed by atoms with van der Waals surface area (Å²) in [6, 6.07) is 28.9. The van der Waals surface area contributed by atoms with Crippen LogP contribution in [0.15, 0.2) is 104 Å². The Balaban J connectivity index is 1.29. The van der Waals surface area contributed by atoms with E-state index in [0.29, 0.717) is 5.75 Å². The highest BCUT2D eigenvalue weighted by Crippen LogP contribution is 2.39. The molecular formula is C40H40F3N5O6Si. The van der Waals surface area contributed by atoms with Crippen molar-refractivity contribution in [3.05, 3.63) is 109 Å². The Kier molecular flexibility index (Phi) is 11.7. The first-order chi connectivity index (χ1) is 26.3. The number of anilines is 1. The molecule has 3 aromatic carbocycles. The number of aromatic nitrogens is 3. The highest BCUT2D eigenvalue weighted by molar-refractivity contribution is 6.99. The predicted molar refractivity (Wildman–Crippen MR) is 202 cm³/mol. The summed E-state index contributed by atoms with van der Waals surface area (Å²) < 4.78 is 59.0. The van der Waals surface area contributed by atoms with Crippen LogP contribution in [0.5, 0.6) is 5.75 Å². The number of hydrogen-bond acceptors (Lipinski definition) is 8. The van der Waals surface area contributed by atoms with E-state index in [1.54, 1.807) is 40.3 Å². The van der Waals surface area contributed by atoms with Gasteiger partial charge in [-0.25, -0.2) is 9.97 Å². The van der Waals surface area contributed by atoms with E-state index < -0.39 is 51.3 Å². The van der Waals surface area contributed by atoms with Crippen molar-refractivity contribution < 1.29 is 41.8 Å². The van der Waals surface area contributed by atoms with E-state index >= 15 is 0 Å². The number of rotatable bonds is 11. The first-order valence-electron chi connectivity index (χ1n) is 17.5. The third-order valence-electron chi connectivity index (χ3n) is 9.19. The Bertz CT molecular complexity index is 2130. The molecule has 55 heavy (non-hydrogen) atoms. The van der Waals surface area contributed by atoms with Gasteiger partial charge in [0.25, 0.3) is 14.2 Å². The largest absolute Gasteiger partial charge is 0.484 e. The van der Waals surface area contributed by atoms with Crippen LogP contribution >= 0.6 is 0 Å². The summed E-state index contributed by atoms with van der Waals surface area (Å²) in [5.41, 5.74) is 0.518. The van der Waals surface area contributed by atoms with Crippen molar-refractivity contribution in [3.8, 4) is 17.6 Å². The molecule has 1 fully saturated rings. The Morgan fingerprint density at radius 1 is 0.964 bits per heavy atom. The van der Waals surface area contributed by atoms with Crippen LogP contribution in [-0.2, 0) is 18.8 Å². The van der Waals surface area contributed by atoms with E-state index in [0.717, 1.165) is 10.4 Å². The quantitative estimate of drug-likeness (QED) is 0.130. The molecule has 1 aliphatic rings. The molecule has 1 aliphatic heterocycles. The highest BCUT2D eigenvalue weighted by atomic mass is 28.4. The molecule has 0 unspecified atom stereocenters. The summed E-state index contributed by atoms with van der Waals surface area (Å²) in [7, 11) is -2.97. The van der Waals surface area contributed by atoms with Crippen molar-refractivity contribution in [2.24, 2.45) is 0 Å². The molecule has 1 saturated heterocycles. The molecule has 286 valence electrons. The topological polar surface area (TPSA) is 137 Å². The minimum atomic E-state index is -5.07. The lowest BCUT2D eigenvalue weighted by Gasteiger charge is -2.43. The Hall–Kier alpha value is -5.53. The number of fused-ring (bicyclic) bond motifs is 1. The number of nitrogens with zero attached hydrogens (tertiary/aromatic N) is 3. The van der Waals surface area contributed by atoms with Gasteiger partial charge in [-0.1, -0.05) is 111 Å². The van der Waals surface area contributed by atoms with Gasteiger partial charge in [-0.15, -0.1) is 0 Å². The van der Waals surface area contributed by atoms with Crippen LogP contribution < -0.4 is 25.7 Å². The fourth-order valence-corrected chi connectivity index (χ4v) is 11.3. The lowest BCUT2D eigenvalue weighted by atomic mass is 10.2. The van der Waals surface area contributed by atoms with Crippen LogP contribution in [0, 0.1) is 11.8 Å². The molecule has 2 amide bonds. The molecule has 0 saturated carbocycles. The Morgan fingerprint density at radius 2 is 1.58 bits per heavy atom. The summed E-state index contributed by atoms with van der Waals surface area (Å²) in [6.45, 7) is 5.59. The van der Waals surface area contributed by atoms with Gasteiger partial charge in [-0.3, -0.25) is 9.59 Å². The summed E-state index contributed by atoms with van der Waals surface area (Å²) in [6.07, 6.45) is -4.58. The number of carbonyl (C=O) groups is 2. The first kappa shape index (κ1) is 39.2. The maximum absolute atomic E-state index is 13.0. The van der Waals surface area contributed by atoms with E-state index in [4.69, 9.17) is 13.9 Å². The second kappa shape index (κ2) is 16.5. The predicted octanol–water partition coefficient (Wildman–Crippen LogP) is 4.70. The van der Waals surface area contributed by atoms with Crippen molar-refractivity contribution in [1.82, 2.24) is 19.9 Å². The molecule has 3 atom stereocenters. The minimum Gasteiger partial charge on any atom is -0.484 e. The fraction of sp³-hybridized carbons (Fsp3) is 0.300. The van der Waals surface area contributed by atoms with Gasteiger partial charge in [0.1, 0.15) is 35.9 Å². The minimum absolute atomic E-state index is 0.0687. The number of ether oxygens (including phenoxy) is 2. The van der Waals surface area contributed by atoms with E-state index in [9.17, 15) is 27.9 Å². The highest BCUT2D eigenvalue weighted by Gasteiger charge is 2.51. The lowest BCUT2D eigenvalue weighted by Crippen LogP contribution is -2.67. The maximum Gasteiger partial charge on any atom is 0.471 e. The zero-order valence-electron chi connectivity index (χ0n) is 30.3. The molecule has 6 rings (SSSR count). The molecule has 11 nitrogen and oxygen atoms in total. The number of para-hydroxylation sites is 1. The lowest BCUT2D eigenvalue weighted by molar-refractivity contribution is -0.173. The van der Waals surface area contributed by atoms with Crippen molar-refractivity contribution in [2.45, 2.75) is 56.8 Å². The van der Waals surface area contributed by atoms with Gasteiger partial charge in [-0.2, -0.15) is 13.2 Å². The number of aliphatic hydroxyl groups excluding tert-OH is 1. The number of hydrogen-bond donors (Lipinski definition) is 3. The average Bonchev–Trinajstić information content (AvgIpc) is 3.73. The molecule has 3 heterocycles. The van der Waals surface area contributed by atoms with Crippen molar-refractivity contribution in [3.63, 3.8) is 0 Å². The van der Waals surface area contributed by atoms with E-state index in [2.05, 4.69) is 72.2 Å². The monoisotopic (exact) mass is 771 g/mol. The average molecular weight is 772 g/mol. The van der Waals surface area contributed by atoms with Crippen LogP contribution in [0.4, 0.5) is 19.0 Å². The SMILES string of the molecule is CC(C)(C)[Si](OC[C@H]1O[C@@H](n2cc(C#CCNC(=O)C(F)(F)F)c3c(NC(=O)COc4ccccc4)ncnc32)C[C@H]1O)(c1ccccc1)c1ccccc1. The van der Waals surface area contributed by atoms with Crippen LogP contribution in [0.25, 0.3) is 11.0 Å². The zero-order chi connectivity index (χ0) is 39.2. The summed E-state index contributed by atoms with van der Waals surface area (Å²) in [5, 5.41) is 17.9. The number of nitrogens with one attached hydrogen (secondary N) is 2. The van der Waals surface area contributed by atoms with Gasteiger partial charge in [-0.05, 0) is 27.5 Å². The second-order valence-electron chi connectivity index (χ2n) is 13.9. The number of benzene rings is 3. The summed E-state index contributed by atoms with van der Waals surface area (Å²) in [5.74, 6) is 3.19. The van der Waals surface area contributed by atoms with Crippen LogP contribution in [0.1, 0.15) is 39.0 Å². The van der Waals surface area contributed by atoms with E-state index in [1.165, 1.54) is 6.33 Å². The Morgan fingerprint density at radius 3 is 2.18 bits per heavy atom. The fourth-order valence-electron chi connectivity index (χ4n) is 6.70. The molecule has 0 spiro atoms. The van der Waals surface area contributed by atoms with Crippen molar-refractivity contribution in [2.75, 3.05) is 25.1 Å². The molecule has 0 aliphatic carbocycles. The maximum atomic E-state index is 13.0. The van der Waals surface area contributed by atoms with E-state index in [-0.39, 0.29) is 47.1 Å². The van der Waals surface area contributed by atoms with Gasteiger partial charge in [0.15, 0.2) is 6.61 Å². The van der Waals surface area contributed by atoms with Gasteiger partial charge in [0.05, 0.1) is 30.2 Å². The van der Waals surface area contributed by atoms with E-state index in [1.807, 2.05) is 42.5 Å². The summed E-state index contributed by atoms with van der Waals surface area (Å²) >= 11 is 0. The summed E-state index contributed by atoms with van der Waals surface area (Å²) in [4.78, 5) is 33.0. The molecule has 15 heteroatoms. The molecule has 0 radical (unpaired) electrons. The smallest absolute Gasteiger partial charge is 0.471 e. The number of halogens is 3. The van der Waals surface area contributed by atoms with Crippen LogP contribution in [0.2, 0.25) is 5.04 Å². The number of aliphatic hydroxyl groups is 1. The molecule has 0 bridgehead atoms. The van der Waals surface area contributed by atoms with Gasteiger partial charge in [0.2, 0.25) is 0 Å². The van der Waals surface area contributed by atoms with Gasteiger partial charge in [0, 0.05) is 12.6 Å². The van der Waals surface area contributed by atoms with Crippen LogP contribution in [-0.4, -0.2) is 77.9 Å². The zero-order valence-corrected chi connectivity index (χ0v) is 31.3. The first-order valence-corrected chi connectivity index (χ1v) is 19.4. The van der Waals surface area contributed by atoms with Crippen molar-refractivity contribution >= 4 is 47.4 Å². The number of carbonyl (C=O) groups excluding carboxylic acids is 2. The molecular weight excluding hydrogens is 732 g/mol. The molecule has 2 aromatic heterocycles. The molecule has 3 N–H and O–H groups in total. The number of alkyl halides is 3. The third kappa shape index (κ3) is 8.73. The normalized spacial score (nSPS) is 17.3. The molecule has 5 aromatic rings.